The zero-order chi connectivity index (χ0) is 15.2. The molecule has 0 heterocycles. The van der Waals surface area contributed by atoms with Crippen LogP contribution in [0.2, 0.25) is 0 Å². The number of carbonyl (C=O) groups is 1. The highest BCUT2D eigenvalue weighted by Crippen LogP contribution is 2.17. The van der Waals surface area contributed by atoms with Gasteiger partial charge in [0, 0.05) is 16.8 Å². The number of carbonyl (C=O) groups excluding carboxylic acids is 1. The van der Waals surface area contributed by atoms with Crippen LogP contribution in [0.1, 0.15) is 27.0 Å². The van der Waals surface area contributed by atoms with E-state index >= 15 is 0 Å². The highest BCUT2D eigenvalue weighted by atomic mass is 16.1. The molecule has 0 atom stereocenters. The van der Waals surface area contributed by atoms with Crippen molar-refractivity contribution in [3.8, 4) is 11.8 Å². The molecule has 0 radical (unpaired) electrons. The fraction of sp³-hybridized carbons (Fsp3) is 0.167. The summed E-state index contributed by atoms with van der Waals surface area (Å²) in [5.41, 5.74) is 9.56. The maximum Gasteiger partial charge on any atom is 0.255 e. The molecule has 3 N–H and O–H groups in total. The van der Waals surface area contributed by atoms with Gasteiger partial charge in [-0.15, -0.1) is 0 Å². The number of rotatable bonds is 2. The Morgan fingerprint density at radius 3 is 2.62 bits per heavy atom. The summed E-state index contributed by atoms with van der Waals surface area (Å²) in [5, 5.41) is 2.94. The second-order valence-electron chi connectivity index (χ2n) is 4.80. The van der Waals surface area contributed by atoms with Crippen LogP contribution < -0.4 is 11.1 Å². The summed E-state index contributed by atoms with van der Waals surface area (Å²) in [6.07, 6.45) is 0. The third-order valence-corrected chi connectivity index (χ3v) is 3.21. The Balaban J connectivity index is 2.28. The summed E-state index contributed by atoms with van der Waals surface area (Å²) < 4.78 is 0. The largest absolute Gasteiger partial charge is 0.322 e. The number of hydrogen-bond acceptors (Lipinski definition) is 2. The second kappa shape index (κ2) is 6.74. The van der Waals surface area contributed by atoms with Crippen LogP contribution in [-0.4, -0.2) is 12.5 Å². The van der Waals surface area contributed by atoms with Crippen molar-refractivity contribution in [1.82, 2.24) is 0 Å². The molecule has 0 aromatic heterocycles. The standard InChI is InChI=1S/C18H18N2O/c1-13-9-10-15(7-5-11-19)12-16(13)18(21)20-17-8-4-3-6-14(17)2/h3-4,6,8-10,12H,11,19H2,1-2H3,(H,20,21). The number of hydrogen-bond donors (Lipinski definition) is 2. The van der Waals surface area contributed by atoms with E-state index in [1.807, 2.05) is 50.2 Å². The zero-order valence-electron chi connectivity index (χ0n) is 12.2. The summed E-state index contributed by atoms with van der Waals surface area (Å²) >= 11 is 0. The van der Waals surface area contributed by atoms with E-state index in [0.717, 1.165) is 22.4 Å². The van der Waals surface area contributed by atoms with Crippen LogP contribution in [0.5, 0.6) is 0 Å². The van der Waals surface area contributed by atoms with Gasteiger partial charge in [0.1, 0.15) is 0 Å². The number of nitrogens with two attached hydrogens (primary N) is 1. The predicted molar refractivity (Wildman–Crippen MR) is 86.2 cm³/mol. The zero-order valence-corrected chi connectivity index (χ0v) is 12.2. The van der Waals surface area contributed by atoms with Crippen molar-refractivity contribution in [3.63, 3.8) is 0 Å². The first-order valence-electron chi connectivity index (χ1n) is 6.78. The monoisotopic (exact) mass is 278 g/mol. The van der Waals surface area contributed by atoms with Crippen molar-refractivity contribution in [2.24, 2.45) is 5.73 Å². The summed E-state index contributed by atoms with van der Waals surface area (Å²) in [4.78, 5) is 12.4. The Labute approximate surface area is 125 Å². The molecule has 2 aromatic carbocycles. The van der Waals surface area contributed by atoms with Gasteiger partial charge in [0.25, 0.3) is 5.91 Å². The van der Waals surface area contributed by atoms with Crippen LogP contribution in [0.15, 0.2) is 42.5 Å². The highest BCUT2D eigenvalue weighted by molar-refractivity contribution is 6.05. The lowest BCUT2D eigenvalue weighted by molar-refractivity contribution is 0.102. The maximum absolute atomic E-state index is 12.4. The fourth-order valence-corrected chi connectivity index (χ4v) is 2.00. The summed E-state index contributed by atoms with van der Waals surface area (Å²) in [6, 6.07) is 13.3. The number of nitrogens with one attached hydrogen (secondary N) is 1. The van der Waals surface area contributed by atoms with Crippen LogP contribution in [0, 0.1) is 25.7 Å². The second-order valence-corrected chi connectivity index (χ2v) is 4.80. The van der Waals surface area contributed by atoms with Gasteiger partial charge in [-0.2, -0.15) is 0 Å². The molecular weight excluding hydrogens is 260 g/mol. The molecule has 2 aromatic rings. The molecule has 2 rings (SSSR count). The van der Waals surface area contributed by atoms with E-state index in [1.54, 1.807) is 6.07 Å². The smallest absolute Gasteiger partial charge is 0.255 e. The van der Waals surface area contributed by atoms with E-state index < -0.39 is 0 Å². The van der Waals surface area contributed by atoms with Crippen LogP contribution >= 0.6 is 0 Å². The van der Waals surface area contributed by atoms with E-state index in [2.05, 4.69) is 17.2 Å². The summed E-state index contributed by atoms with van der Waals surface area (Å²) in [7, 11) is 0. The van der Waals surface area contributed by atoms with Crippen LogP contribution in [0.25, 0.3) is 0 Å². The normalized spacial score (nSPS) is 9.67. The van der Waals surface area contributed by atoms with Crippen molar-refractivity contribution in [2.45, 2.75) is 13.8 Å². The SMILES string of the molecule is Cc1ccccc1NC(=O)c1cc(C#CCN)ccc1C. The fourth-order valence-electron chi connectivity index (χ4n) is 2.00. The predicted octanol–water partition coefficient (Wildman–Crippen LogP) is 2.87. The molecule has 0 aliphatic carbocycles. The van der Waals surface area contributed by atoms with Crippen LogP contribution in [-0.2, 0) is 0 Å². The van der Waals surface area contributed by atoms with Gasteiger partial charge in [-0.1, -0.05) is 36.1 Å². The lowest BCUT2D eigenvalue weighted by atomic mass is 10.0. The first kappa shape index (κ1) is 14.8. The Morgan fingerprint density at radius 2 is 1.90 bits per heavy atom. The molecule has 3 heteroatoms. The third-order valence-electron chi connectivity index (χ3n) is 3.21. The van der Waals surface area contributed by atoms with Gasteiger partial charge in [0.15, 0.2) is 0 Å². The van der Waals surface area contributed by atoms with Gasteiger partial charge in [0.05, 0.1) is 6.54 Å². The molecule has 0 saturated carbocycles. The van der Waals surface area contributed by atoms with Gasteiger partial charge >= 0.3 is 0 Å². The maximum atomic E-state index is 12.4. The summed E-state index contributed by atoms with van der Waals surface area (Å²) in [5.74, 6) is 5.62. The van der Waals surface area contributed by atoms with Crippen molar-refractivity contribution >= 4 is 11.6 Å². The minimum Gasteiger partial charge on any atom is -0.322 e. The Kier molecular flexibility index (Phi) is 4.76. The van der Waals surface area contributed by atoms with Crippen LogP contribution in [0.3, 0.4) is 0 Å². The molecule has 0 aliphatic heterocycles. The Bertz CT molecular complexity index is 723. The van der Waals surface area contributed by atoms with Gasteiger partial charge < -0.3 is 11.1 Å². The average molecular weight is 278 g/mol. The number of para-hydroxylation sites is 1. The lowest BCUT2D eigenvalue weighted by Gasteiger charge is -2.10. The Morgan fingerprint density at radius 1 is 1.14 bits per heavy atom. The average Bonchev–Trinajstić information content (AvgIpc) is 2.48. The third kappa shape index (κ3) is 3.71. The van der Waals surface area contributed by atoms with Crippen molar-refractivity contribution in [2.75, 3.05) is 11.9 Å². The van der Waals surface area contributed by atoms with E-state index in [4.69, 9.17) is 5.73 Å². The van der Waals surface area contributed by atoms with Crippen molar-refractivity contribution in [1.29, 1.82) is 0 Å². The molecule has 0 saturated heterocycles. The summed E-state index contributed by atoms with van der Waals surface area (Å²) in [6.45, 7) is 4.18. The Hall–Kier alpha value is -2.57. The van der Waals surface area contributed by atoms with E-state index in [-0.39, 0.29) is 5.91 Å². The van der Waals surface area contributed by atoms with Crippen molar-refractivity contribution in [3.05, 3.63) is 64.7 Å². The molecule has 3 nitrogen and oxygen atoms in total. The quantitative estimate of drug-likeness (QED) is 0.830. The molecule has 106 valence electrons. The lowest BCUT2D eigenvalue weighted by Crippen LogP contribution is -2.14. The number of amides is 1. The molecule has 0 fully saturated rings. The highest BCUT2D eigenvalue weighted by Gasteiger charge is 2.10. The van der Waals surface area contributed by atoms with E-state index in [0.29, 0.717) is 12.1 Å². The van der Waals surface area contributed by atoms with Crippen LogP contribution in [0.4, 0.5) is 5.69 Å². The topological polar surface area (TPSA) is 55.1 Å². The van der Waals surface area contributed by atoms with Gasteiger partial charge in [-0.25, -0.2) is 0 Å². The number of aryl methyl sites for hydroxylation is 2. The molecule has 0 unspecified atom stereocenters. The molecule has 1 amide bonds. The molecule has 0 aliphatic rings. The minimum atomic E-state index is -0.127. The molecule has 21 heavy (non-hydrogen) atoms. The van der Waals surface area contributed by atoms with Gasteiger partial charge in [0.2, 0.25) is 0 Å². The van der Waals surface area contributed by atoms with E-state index in [1.165, 1.54) is 0 Å². The molecule has 0 spiro atoms. The number of benzene rings is 2. The van der Waals surface area contributed by atoms with Crippen molar-refractivity contribution < 1.29 is 4.79 Å². The van der Waals surface area contributed by atoms with Gasteiger partial charge in [-0.05, 0) is 43.2 Å². The first-order chi connectivity index (χ1) is 10.1. The molecule has 0 bridgehead atoms. The minimum absolute atomic E-state index is 0.127. The van der Waals surface area contributed by atoms with E-state index in [9.17, 15) is 4.79 Å². The first-order valence-corrected chi connectivity index (χ1v) is 6.78. The number of anilines is 1. The molecular formula is C18H18N2O. The van der Waals surface area contributed by atoms with Gasteiger partial charge in [-0.3, -0.25) is 4.79 Å².